The van der Waals surface area contributed by atoms with Crippen molar-refractivity contribution < 1.29 is 23.0 Å². The predicted octanol–water partition coefficient (Wildman–Crippen LogP) is 0.205. The average molecular weight is 368 g/mol. The second-order valence-electron chi connectivity index (χ2n) is 5.21. The van der Waals surface area contributed by atoms with Crippen molar-refractivity contribution in [3.8, 4) is 11.5 Å². The van der Waals surface area contributed by atoms with Gasteiger partial charge in [0.2, 0.25) is 10.0 Å². The molecule has 0 fully saturated rings. The Bertz CT molecular complexity index is 878. The number of nitrogens with zero attached hydrogens (tertiary/aromatic N) is 1. The van der Waals surface area contributed by atoms with Gasteiger partial charge in [0, 0.05) is 24.9 Å². The molecule has 1 aromatic heterocycles. The lowest BCUT2D eigenvalue weighted by molar-refractivity contribution is 0.156. The summed E-state index contributed by atoms with van der Waals surface area (Å²) in [6.45, 7) is -0.290. The van der Waals surface area contributed by atoms with Crippen LogP contribution in [0, 0.1) is 0 Å². The van der Waals surface area contributed by atoms with Gasteiger partial charge in [-0.2, -0.15) is 0 Å². The second kappa shape index (κ2) is 8.15. The molecule has 0 aliphatic rings. The van der Waals surface area contributed by atoms with Crippen LogP contribution in [-0.4, -0.2) is 45.0 Å². The molecular formula is C16H20N2O6S. The predicted molar refractivity (Wildman–Crippen MR) is 91.4 cm³/mol. The highest BCUT2D eigenvalue weighted by Gasteiger charge is 2.21. The maximum Gasteiger partial charge on any atom is 0.250 e. The standard InChI is InChI=1S/C16H20N2O6S/c1-23-13-6-7-14(24-2)15(9-13)25(21,22)17-10-12(19)11-18-8-4-3-5-16(18)20/h3-9,12,17,19H,10-11H2,1-2H3. The second-order valence-corrected chi connectivity index (χ2v) is 6.95. The fraction of sp³-hybridized carbons (Fsp3) is 0.312. The molecule has 2 aromatic rings. The lowest BCUT2D eigenvalue weighted by Gasteiger charge is -2.15. The Balaban J connectivity index is 2.11. The Kier molecular flexibility index (Phi) is 6.18. The van der Waals surface area contributed by atoms with Crippen LogP contribution in [0.4, 0.5) is 0 Å². The molecule has 2 N–H and O–H groups in total. The van der Waals surface area contributed by atoms with E-state index in [0.717, 1.165) is 0 Å². The van der Waals surface area contributed by atoms with Gasteiger partial charge in [0.1, 0.15) is 16.4 Å². The van der Waals surface area contributed by atoms with Crippen molar-refractivity contribution in [2.24, 2.45) is 0 Å². The molecule has 1 unspecified atom stereocenters. The van der Waals surface area contributed by atoms with Crippen molar-refractivity contribution in [2.75, 3.05) is 20.8 Å². The molecule has 0 aliphatic heterocycles. The molecule has 8 nitrogen and oxygen atoms in total. The van der Waals surface area contributed by atoms with Crippen molar-refractivity contribution in [3.05, 3.63) is 52.9 Å². The monoisotopic (exact) mass is 368 g/mol. The van der Waals surface area contributed by atoms with Gasteiger partial charge in [-0.3, -0.25) is 4.79 Å². The Hall–Kier alpha value is -2.36. The Morgan fingerprint density at radius 2 is 1.96 bits per heavy atom. The molecule has 0 saturated carbocycles. The number of nitrogens with one attached hydrogen (secondary N) is 1. The smallest absolute Gasteiger partial charge is 0.250 e. The minimum atomic E-state index is -3.94. The minimum absolute atomic E-state index is 0.0303. The van der Waals surface area contributed by atoms with E-state index in [9.17, 15) is 18.3 Å². The third-order valence-electron chi connectivity index (χ3n) is 3.48. The molecule has 136 valence electrons. The molecule has 0 bridgehead atoms. The maximum absolute atomic E-state index is 12.5. The fourth-order valence-corrected chi connectivity index (χ4v) is 3.44. The molecule has 1 aromatic carbocycles. The summed E-state index contributed by atoms with van der Waals surface area (Å²) >= 11 is 0. The summed E-state index contributed by atoms with van der Waals surface area (Å²) in [5.41, 5.74) is -0.279. The fourth-order valence-electron chi connectivity index (χ4n) is 2.18. The molecular weight excluding hydrogens is 348 g/mol. The van der Waals surface area contributed by atoms with Gasteiger partial charge in [-0.25, -0.2) is 13.1 Å². The van der Waals surface area contributed by atoms with Crippen LogP contribution in [0.3, 0.4) is 0 Å². The van der Waals surface area contributed by atoms with Gasteiger partial charge in [0.15, 0.2) is 0 Å². The van der Waals surface area contributed by atoms with E-state index in [-0.39, 0.29) is 29.3 Å². The molecule has 25 heavy (non-hydrogen) atoms. The number of methoxy groups -OCH3 is 2. The highest BCUT2D eigenvalue weighted by atomic mass is 32.2. The number of aliphatic hydroxyl groups excluding tert-OH is 1. The first kappa shape index (κ1) is 19.0. The molecule has 9 heteroatoms. The summed E-state index contributed by atoms with van der Waals surface area (Å²) in [6.07, 6.45) is 0.442. The van der Waals surface area contributed by atoms with Crippen molar-refractivity contribution >= 4 is 10.0 Å². The molecule has 0 aliphatic carbocycles. The molecule has 0 saturated heterocycles. The van der Waals surface area contributed by atoms with Crippen LogP contribution in [0.5, 0.6) is 11.5 Å². The van der Waals surface area contributed by atoms with Crippen LogP contribution >= 0.6 is 0 Å². The van der Waals surface area contributed by atoms with Crippen LogP contribution in [-0.2, 0) is 16.6 Å². The van der Waals surface area contributed by atoms with E-state index >= 15 is 0 Å². The molecule has 1 atom stereocenters. The van der Waals surface area contributed by atoms with Crippen molar-refractivity contribution in [1.82, 2.24) is 9.29 Å². The number of rotatable bonds is 8. The van der Waals surface area contributed by atoms with Gasteiger partial charge in [-0.05, 0) is 18.2 Å². The molecule has 1 heterocycles. The summed E-state index contributed by atoms with van der Waals surface area (Å²) in [7, 11) is -1.15. The van der Waals surface area contributed by atoms with Gasteiger partial charge in [0.25, 0.3) is 5.56 Å². The first-order chi connectivity index (χ1) is 11.9. The van der Waals surface area contributed by atoms with E-state index in [4.69, 9.17) is 9.47 Å². The zero-order valence-corrected chi connectivity index (χ0v) is 14.7. The zero-order chi connectivity index (χ0) is 18.4. The molecule has 2 rings (SSSR count). The van der Waals surface area contributed by atoms with E-state index in [1.165, 1.54) is 43.2 Å². The van der Waals surface area contributed by atoms with E-state index in [1.54, 1.807) is 18.2 Å². The van der Waals surface area contributed by atoms with Crippen molar-refractivity contribution in [1.29, 1.82) is 0 Å². The van der Waals surface area contributed by atoms with Gasteiger partial charge in [-0.15, -0.1) is 0 Å². The molecule has 0 amide bonds. The van der Waals surface area contributed by atoms with E-state index in [0.29, 0.717) is 5.75 Å². The number of aromatic nitrogens is 1. The van der Waals surface area contributed by atoms with Crippen molar-refractivity contribution in [3.63, 3.8) is 0 Å². The maximum atomic E-state index is 12.5. The van der Waals surface area contributed by atoms with E-state index in [2.05, 4.69) is 4.72 Å². The number of hydrogen-bond donors (Lipinski definition) is 2. The number of benzene rings is 1. The van der Waals surface area contributed by atoms with E-state index in [1.807, 2.05) is 0 Å². The number of hydrogen-bond acceptors (Lipinski definition) is 6. The highest BCUT2D eigenvalue weighted by molar-refractivity contribution is 7.89. The van der Waals surface area contributed by atoms with Crippen LogP contribution in [0.25, 0.3) is 0 Å². The summed E-state index contributed by atoms with van der Waals surface area (Å²) in [5.74, 6) is 0.514. The summed E-state index contributed by atoms with van der Waals surface area (Å²) in [5, 5.41) is 10.0. The van der Waals surface area contributed by atoms with Gasteiger partial charge in [0.05, 0.1) is 26.9 Å². The SMILES string of the molecule is COc1ccc(OC)c(S(=O)(=O)NCC(O)Cn2ccccc2=O)c1. The van der Waals surface area contributed by atoms with Gasteiger partial charge in [-0.1, -0.05) is 6.07 Å². The molecule has 0 spiro atoms. The van der Waals surface area contributed by atoms with Crippen molar-refractivity contribution in [2.45, 2.75) is 17.5 Å². The third kappa shape index (κ3) is 4.81. The van der Waals surface area contributed by atoms with Crippen LogP contribution in [0.15, 0.2) is 52.3 Å². The Labute approximate surface area is 145 Å². The zero-order valence-electron chi connectivity index (χ0n) is 13.9. The number of pyridine rings is 1. The normalized spacial score (nSPS) is 12.6. The van der Waals surface area contributed by atoms with Gasteiger partial charge >= 0.3 is 0 Å². The summed E-state index contributed by atoms with van der Waals surface area (Å²) in [6, 6.07) is 8.98. The highest BCUT2D eigenvalue weighted by Crippen LogP contribution is 2.27. The third-order valence-corrected chi connectivity index (χ3v) is 4.92. The Morgan fingerprint density at radius 1 is 1.20 bits per heavy atom. The largest absolute Gasteiger partial charge is 0.497 e. The number of aliphatic hydroxyl groups is 1. The quantitative estimate of drug-likeness (QED) is 0.690. The number of ether oxygens (including phenoxy) is 2. The lowest BCUT2D eigenvalue weighted by atomic mass is 10.3. The van der Waals surface area contributed by atoms with E-state index < -0.39 is 16.1 Å². The topological polar surface area (TPSA) is 107 Å². The number of sulfonamides is 1. The average Bonchev–Trinajstić information content (AvgIpc) is 2.61. The summed E-state index contributed by atoms with van der Waals surface area (Å²) in [4.78, 5) is 11.5. The first-order valence-electron chi connectivity index (χ1n) is 7.42. The minimum Gasteiger partial charge on any atom is -0.497 e. The van der Waals surface area contributed by atoms with Crippen LogP contribution < -0.4 is 19.8 Å². The molecule has 0 radical (unpaired) electrons. The first-order valence-corrected chi connectivity index (χ1v) is 8.91. The van der Waals surface area contributed by atoms with Gasteiger partial charge < -0.3 is 19.1 Å². The summed E-state index contributed by atoms with van der Waals surface area (Å²) < 4.78 is 38.7. The lowest BCUT2D eigenvalue weighted by Crippen LogP contribution is -2.36. The van der Waals surface area contributed by atoms with Crippen LogP contribution in [0.1, 0.15) is 0 Å². The Morgan fingerprint density at radius 3 is 2.60 bits per heavy atom. The van der Waals surface area contributed by atoms with Crippen LogP contribution in [0.2, 0.25) is 0 Å².